The van der Waals surface area contributed by atoms with Gasteiger partial charge in [-0.25, -0.2) is 0 Å². The molecule has 1 heterocycles. The molecule has 1 aliphatic heterocycles. The van der Waals surface area contributed by atoms with Crippen molar-refractivity contribution in [2.45, 2.75) is 32.2 Å². The van der Waals surface area contributed by atoms with Gasteiger partial charge in [-0.3, -0.25) is 14.5 Å². The van der Waals surface area contributed by atoms with Gasteiger partial charge < -0.3 is 15.8 Å². The third kappa shape index (κ3) is 6.06. The van der Waals surface area contributed by atoms with E-state index in [1.807, 2.05) is 42.5 Å². The highest BCUT2D eigenvalue weighted by molar-refractivity contribution is 9.10. The van der Waals surface area contributed by atoms with Gasteiger partial charge in [0.1, 0.15) is 5.75 Å². The number of anilines is 1. The van der Waals surface area contributed by atoms with E-state index in [1.165, 1.54) is 0 Å². The van der Waals surface area contributed by atoms with E-state index in [0.717, 1.165) is 46.4 Å². The molecule has 0 aromatic heterocycles. The number of para-hydroxylation sites is 1. The minimum atomic E-state index is -0.230. The molecule has 0 saturated carbocycles. The van der Waals surface area contributed by atoms with E-state index in [4.69, 9.17) is 10.5 Å². The third-order valence-corrected chi connectivity index (χ3v) is 6.07. The lowest BCUT2D eigenvalue weighted by molar-refractivity contribution is -0.123. The van der Waals surface area contributed by atoms with E-state index < -0.39 is 0 Å². The van der Waals surface area contributed by atoms with Gasteiger partial charge in [0.25, 0.3) is 0 Å². The van der Waals surface area contributed by atoms with Crippen LogP contribution in [0.25, 0.3) is 0 Å². The Bertz CT molecular complexity index is 903. The van der Waals surface area contributed by atoms with Crippen molar-refractivity contribution >= 4 is 33.4 Å². The molecule has 0 bridgehead atoms. The maximum absolute atomic E-state index is 12.6. The molecule has 7 heteroatoms. The molecule has 30 heavy (non-hydrogen) atoms. The second-order valence-electron chi connectivity index (χ2n) is 7.65. The first kappa shape index (κ1) is 22.3. The normalized spacial score (nSPS) is 16.8. The summed E-state index contributed by atoms with van der Waals surface area (Å²) in [4.78, 5) is 26.3. The molecule has 2 amide bonds. The predicted octanol–water partition coefficient (Wildman–Crippen LogP) is 3.73. The highest BCUT2D eigenvalue weighted by Gasteiger charge is 2.24. The lowest BCUT2D eigenvalue weighted by Crippen LogP contribution is -2.40. The van der Waals surface area contributed by atoms with Gasteiger partial charge in [-0.05, 0) is 71.1 Å². The molecule has 1 aliphatic rings. The quantitative estimate of drug-likeness (QED) is 0.611. The average molecular weight is 474 g/mol. The minimum absolute atomic E-state index is 0.0250. The number of aryl methyl sites for hydroxylation is 1. The first-order chi connectivity index (χ1) is 14.5. The monoisotopic (exact) mass is 473 g/mol. The Labute approximate surface area is 185 Å². The Balaban J connectivity index is 1.58. The van der Waals surface area contributed by atoms with E-state index in [0.29, 0.717) is 25.9 Å². The average Bonchev–Trinajstić information content (AvgIpc) is 2.74. The van der Waals surface area contributed by atoms with Crippen molar-refractivity contribution in [3.05, 3.63) is 58.1 Å². The summed E-state index contributed by atoms with van der Waals surface area (Å²) in [6, 6.07) is 13.7. The molecule has 1 fully saturated rings. The molecule has 0 spiro atoms. The minimum Gasteiger partial charge on any atom is -0.496 e. The highest BCUT2D eigenvalue weighted by atomic mass is 79.9. The third-order valence-electron chi connectivity index (χ3n) is 5.45. The number of carbonyl (C=O) groups excluding carboxylic acids is 2. The molecule has 1 saturated heterocycles. The molecule has 2 aromatic carbocycles. The van der Waals surface area contributed by atoms with E-state index in [9.17, 15) is 9.59 Å². The zero-order chi connectivity index (χ0) is 21.5. The number of nitrogens with zero attached hydrogens (tertiary/aromatic N) is 1. The van der Waals surface area contributed by atoms with Crippen LogP contribution in [0.1, 0.15) is 30.4 Å². The molecule has 1 unspecified atom stereocenters. The molecular formula is C23H28BrN3O3. The number of likely N-dealkylation sites (tertiary alicyclic amines) is 1. The fourth-order valence-corrected chi connectivity index (χ4v) is 4.38. The van der Waals surface area contributed by atoms with Crippen molar-refractivity contribution in [2.75, 3.05) is 25.5 Å². The molecule has 160 valence electrons. The van der Waals surface area contributed by atoms with Crippen LogP contribution in [0.4, 0.5) is 5.69 Å². The summed E-state index contributed by atoms with van der Waals surface area (Å²) < 4.78 is 6.12. The molecule has 0 aliphatic carbocycles. The number of nitrogens with one attached hydrogen (secondary N) is 1. The number of hydrogen-bond acceptors (Lipinski definition) is 4. The van der Waals surface area contributed by atoms with Crippen LogP contribution in [0.15, 0.2) is 46.9 Å². The summed E-state index contributed by atoms with van der Waals surface area (Å²) >= 11 is 3.48. The van der Waals surface area contributed by atoms with Crippen LogP contribution in [0, 0.1) is 5.92 Å². The number of methoxy groups -OCH3 is 1. The van der Waals surface area contributed by atoms with Crippen molar-refractivity contribution in [1.29, 1.82) is 0 Å². The van der Waals surface area contributed by atoms with Gasteiger partial charge in [0, 0.05) is 25.2 Å². The standard InChI is InChI=1S/C23H28BrN3O3/c1-30-21-10-8-16(13-19(21)24)9-11-22(28)26-20-7-3-2-5-17(20)14-27-12-4-6-18(15-27)23(25)29/h2-3,5,7-8,10,13,18H,4,6,9,11-12,14-15H2,1H3,(H2,25,29)(H,26,28). The summed E-state index contributed by atoms with van der Waals surface area (Å²) in [6.45, 7) is 2.29. The van der Waals surface area contributed by atoms with Crippen molar-refractivity contribution in [2.24, 2.45) is 11.7 Å². The van der Waals surface area contributed by atoms with E-state index >= 15 is 0 Å². The Morgan fingerprint density at radius 2 is 2.07 bits per heavy atom. The van der Waals surface area contributed by atoms with Crippen LogP contribution >= 0.6 is 15.9 Å². The predicted molar refractivity (Wildman–Crippen MR) is 121 cm³/mol. The first-order valence-electron chi connectivity index (χ1n) is 10.2. The van der Waals surface area contributed by atoms with Gasteiger partial charge in [0.15, 0.2) is 0 Å². The van der Waals surface area contributed by atoms with Gasteiger partial charge in [-0.2, -0.15) is 0 Å². The fourth-order valence-electron chi connectivity index (χ4n) is 3.79. The number of halogens is 1. The summed E-state index contributed by atoms with van der Waals surface area (Å²) in [5, 5.41) is 3.05. The lowest BCUT2D eigenvalue weighted by atomic mass is 9.97. The molecular weight excluding hydrogens is 446 g/mol. The smallest absolute Gasteiger partial charge is 0.224 e. The number of ether oxygens (including phenoxy) is 1. The Hall–Kier alpha value is -2.38. The van der Waals surface area contributed by atoms with Crippen LogP contribution in [0.3, 0.4) is 0 Å². The van der Waals surface area contributed by atoms with Crippen LogP contribution in [-0.4, -0.2) is 36.9 Å². The van der Waals surface area contributed by atoms with Gasteiger partial charge in [0.2, 0.25) is 11.8 Å². The maximum atomic E-state index is 12.6. The van der Waals surface area contributed by atoms with Crippen LogP contribution < -0.4 is 15.8 Å². The van der Waals surface area contributed by atoms with Crippen molar-refractivity contribution in [3.63, 3.8) is 0 Å². The van der Waals surface area contributed by atoms with Gasteiger partial charge >= 0.3 is 0 Å². The summed E-state index contributed by atoms with van der Waals surface area (Å²) in [6.07, 6.45) is 2.84. The van der Waals surface area contributed by atoms with Gasteiger partial charge in [-0.15, -0.1) is 0 Å². The first-order valence-corrected chi connectivity index (χ1v) is 11.0. The number of amides is 2. The van der Waals surface area contributed by atoms with E-state index in [-0.39, 0.29) is 17.7 Å². The summed E-state index contributed by atoms with van der Waals surface area (Å²) in [5.41, 5.74) is 8.42. The van der Waals surface area contributed by atoms with Crippen molar-refractivity contribution in [1.82, 2.24) is 4.90 Å². The van der Waals surface area contributed by atoms with E-state index in [1.54, 1.807) is 7.11 Å². The Morgan fingerprint density at radius 1 is 1.27 bits per heavy atom. The van der Waals surface area contributed by atoms with Gasteiger partial charge in [0.05, 0.1) is 17.5 Å². The molecule has 0 radical (unpaired) electrons. The SMILES string of the molecule is COc1ccc(CCC(=O)Nc2ccccc2CN2CCCC(C(N)=O)C2)cc1Br. The molecule has 6 nitrogen and oxygen atoms in total. The number of benzene rings is 2. The second kappa shape index (κ2) is 10.6. The number of carbonyl (C=O) groups is 2. The highest BCUT2D eigenvalue weighted by Crippen LogP contribution is 2.26. The van der Waals surface area contributed by atoms with Crippen LogP contribution in [0.2, 0.25) is 0 Å². The number of hydrogen-bond donors (Lipinski definition) is 2. The summed E-state index contributed by atoms with van der Waals surface area (Å²) in [7, 11) is 1.63. The maximum Gasteiger partial charge on any atom is 0.224 e. The van der Waals surface area contributed by atoms with Crippen LogP contribution in [-0.2, 0) is 22.6 Å². The number of primary amides is 1. The molecule has 1 atom stereocenters. The Kier molecular flexibility index (Phi) is 7.87. The van der Waals surface area contributed by atoms with Crippen molar-refractivity contribution < 1.29 is 14.3 Å². The van der Waals surface area contributed by atoms with Crippen molar-refractivity contribution in [3.8, 4) is 5.75 Å². The number of piperidine rings is 1. The van der Waals surface area contributed by atoms with E-state index in [2.05, 4.69) is 26.1 Å². The zero-order valence-corrected chi connectivity index (χ0v) is 18.8. The zero-order valence-electron chi connectivity index (χ0n) is 17.2. The van der Waals surface area contributed by atoms with Gasteiger partial charge in [-0.1, -0.05) is 24.3 Å². The Morgan fingerprint density at radius 3 is 2.80 bits per heavy atom. The molecule has 3 rings (SSSR count). The second-order valence-corrected chi connectivity index (χ2v) is 8.51. The summed E-state index contributed by atoms with van der Waals surface area (Å²) in [5.74, 6) is 0.423. The molecule has 2 aromatic rings. The lowest BCUT2D eigenvalue weighted by Gasteiger charge is -2.31. The fraction of sp³-hybridized carbons (Fsp3) is 0.391. The molecule has 3 N–H and O–H groups in total. The largest absolute Gasteiger partial charge is 0.496 e. The number of nitrogens with two attached hydrogens (primary N) is 1. The topological polar surface area (TPSA) is 84.7 Å². The number of rotatable bonds is 8. The van der Waals surface area contributed by atoms with Crippen LogP contribution in [0.5, 0.6) is 5.75 Å².